The van der Waals surface area contributed by atoms with Gasteiger partial charge in [-0.1, -0.05) is 64.4 Å². The minimum absolute atomic E-state index is 0.0184. The quantitative estimate of drug-likeness (QED) is 0.406. The number of carbonyl (C=O) groups excluding carboxylic acids is 2. The van der Waals surface area contributed by atoms with Gasteiger partial charge in [0.1, 0.15) is 0 Å². The van der Waals surface area contributed by atoms with E-state index in [1.165, 1.54) is 44.9 Å². The van der Waals surface area contributed by atoms with Crippen molar-refractivity contribution in [3.63, 3.8) is 0 Å². The van der Waals surface area contributed by atoms with E-state index in [-0.39, 0.29) is 17.9 Å². The largest absolute Gasteiger partial charge is 0.376 e. The van der Waals surface area contributed by atoms with Gasteiger partial charge in [-0.25, -0.2) is 0 Å². The number of rotatable bonds is 14. The second kappa shape index (κ2) is 14.2. The van der Waals surface area contributed by atoms with Gasteiger partial charge >= 0.3 is 0 Å². The number of unbranched alkanes of at least 4 members (excludes halogenated alkanes) is 8. The molecule has 0 bridgehead atoms. The summed E-state index contributed by atoms with van der Waals surface area (Å²) in [4.78, 5) is 24.5. The van der Waals surface area contributed by atoms with Crippen LogP contribution in [0.4, 0.5) is 5.69 Å². The van der Waals surface area contributed by atoms with Crippen LogP contribution < -0.4 is 10.6 Å². The van der Waals surface area contributed by atoms with Crippen LogP contribution in [0.1, 0.15) is 94.3 Å². The molecule has 1 unspecified atom stereocenters. The number of hydrogen-bond acceptors (Lipinski definition) is 3. The molecule has 5 heteroatoms. The zero-order valence-corrected chi connectivity index (χ0v) is 18.0. The minimum Gasteiger partial charge on any atom is -0.376 e. The van der Waals surface area contributed by atoms with E-state index in [1.54, 1.807) is 18.2 Å². The summed E-state index contributed by atoms with van der Waals surface area (Å²) in [6.07, 6.45) is 13.9. The van der Waals surface area contributed by atoms with E-state index < -0.39 is 0 Å². The number of nitrogens with one attached hydrogen (secondary N) is 2. The first kappa shape index (κ1) is 23.4. The Labute approximate surface area is 176 Å². The smallest absolute Gasteiger partial charge is 0.251 e. The third kappa shape index (κ3) is 9.93. The van der Waals surface area contributed by atoms with E-state index in [1.807, 2.05) is 6.07 Å². The highest BCUT2D eigenvalue weighted by Crippen LogP contribution is 2.14. The van der Waals surface area contributed by atoms with Crippen molar-refractivity contribution in [2.45, 2.75) is 90.1 Å². The number of anilines is 1. The number of carbonyl (C=O) groups is 2. The Morgan fingerprint density at radius 1 is 1.03 bits per heavy atom. The van der Waals surface area contributed by atoms with E-state index in [2.05, 4.69) is 17.6 Å². The standard InChI is InChI=1S/C24H38N2O3/c1-2-3-4-5-6-7-8-9-10-16-23(27)26-21-14-11-13-20(18-21)24(28)25-19-22-15-12-17-29-22/h11,13-14,18,22H,2-10,12,15-17,19H2,1H3,(H,25,28)(H,26,27). The van der Waals surface area contributed by atoms with Gasteiger partial charge in [0.05, 0.1) is 6.10 Å². The number of benzene rings is 1. The maximum absolute atomic E-state index is 12.3. The van der Waals surface area contributed by atoms with Crippen molar-refractivity contribution in [3.8, 4) is 0 Å². The topological polar surface area (TPSA) is 67.4 Å². The van der Waals surface area contributed by atoms with Crippen LogP contribution in [0, 0.1) is 0 Å². The van der Waals surface area contributed by atoms with Crippen molar-refractivity contribution in [1.82, 2.24) is 5.32 Å². The summed E-state index contributed by atoms with van der Waals surface area (Å²) in [5.41, 5.74) is 1.24. The van der Waals surface area contributed by atoms with Crippen LogP contribution in [0.15, 0.2) is 24.3 Å². The van der Waals surface area contributed by atoms with Gasteiger partial charge in [-0.3, -0.25) is 9.59 Å². The molecule has 0 spiro atoms. The Hall–Kier alpha value is -1.88. The molecule has 1 fully saturated rings. The molecule has 1 aromatic rings. The molecule has 29 heavy (non-hydrogen) atoms. The summed E-state index contributed by atoms with van der Waals surface area (Å²) in [5.74, 6) is -0.111. The van der Waals surface area contributed by atoms with E-state index >= 15 is 0 Å². The van der Waals surface area contributed by atoms with Crippen LogP contribution in [0.2, 0.25) is 0 Å². The van der Waals surface area contributed by atoms with Crippen molar-refractivity contribution in [1.29, 1.82) is 0 Å². The summed E-state index contributed by atoms with van der Waals surface area (Å²) in [6.45, 7) is 3.55. The maximum atomic E-state index is 12.3. The predicted molar refractivity (Wildman–Crippen MR) is 118 cm³/mol. The molecule has 1 atom stereocenters. The van der Waals surface area contributed by atoms with Crippen molar-refractivity contribution in [3.05, 3.63) is 29.8 Å². The summed E-state index contributed by atoms with van der Waals surface area (Å²) in [6, 6.07) is 7.13. The van der Waals surface area contributed by atoms with E-state index in [0.29, 0.717) is 24.2 Å². The van der Waals surface area contributed by atoms with Crippen LogP contribution in [-0.2, 0) is 9.53 Å². The van der Waals surface area contributed by atoms with Gasteiger partial charge in [0.25, 0.3) is 5.91 Å². The first-order valence-electron chi connectivity index (χ1n) is 11.5. The van der Waals surface area contributed by atoms with Gasteiger partial charge in [0.2, 0.25) is 5.91 Å². The summed E-state index contributed by atoms with van der Waals surface area (Å²) >= 11 is 0. The van der Waals surface area contributed by atoms with Gasteiger partial charge in [-0.2, -0.15) is 0 Å². The molecule has 1 heterocycles. The second-order valence-corrected chi connectivity index (χ2v) is 8.05. The van der Waals surface area contributed by atoms with Crippen molar-refractivity contribution >= 4 is 17.5 Å². The summed E-state index contributed by atoms with van der Waals surface area (Å²) < 4.78 is 5.53. The molecule has 1 aromatic carbocycles. The van der Waals surface area contributed by atoms with Crippen LogP contribution >= 0.6 is 0 Å². The molecule has 0 aliphatic carbocycles. The molecule has 162 valence electrons. The molecule has 1 aliphatic rings. The highest BCUT2D eigenvalue weighted by molar-refractivity contribution is 5.97. The molecule has 5 nitrogen and oxygen atoms in total. The lowest BCUT2D eigenvalue weighted by atomic mass is 10.1. The van der Waals surface area contributed by atoms with Gasteiger partial charge in [0, 0.05) is 30.8 Å². The molecule has 2 amide bonds. The van der Waals surface area contributed by atoms with Crippen LogP contribution in [0.3, 0.4) is 0 Å². The van der Waals surface area contributed by atoms with Crippen molar-refractivity contribution < 1.29 is 14.3 Å². The number of hydrogen-bond donors (Lipinski definition) is 2. The van der Waals surface area contributed by atoms with Crippen LogP contribution in [0.5, 0.6) is 0 Å². The number of ether oxygens (including phenoxy) is 1. The van der Waals surface area contributed by atoms with E-state index in [4.69, 9.17) is 4.74 Å². The second-order valence-electron chi connectivity index (χ2n) is 8.05. The van der Waals surface area contributed by atoms with Crippen LogP contribution in [0.25, 0.3) is 0 Å². The zero-order valence-electron chi connectivity index (χ0n) is 18.0. The average Bonchev–Trinajstić information content (AvgIpc) is 3.24. The highest BCUT2D eigenvalue weighted by atomic mass is 16.5. The number of amides is 2. The first-order chi connectivity index (χ1) is 14.2. The monoisotopic (exact) mass is 402 g/mol. The lowest BCUT2D eigenvalue weighted by Crippen LogP contribution is -2.31. The van der Waals surface area contributed by atoms with E-state index in [9.17, 15) is 9.59 Å². The SMILES string of the molecule is CCCCCCCCCCCC(=O)Nc1cccc(C(=O)NCC2CCCO2)c1. The minimum atomic E-state index is -0.129. The Kier molecular flexibility index (Phi) is 11.4. The van der Waals surface area contributed by atoms with E-state index in [0.717, 1.165) is 32.3 Å². The Bertz CT molecular complexity index is 612. The molecule has 2 rings (SSSR count). The summed E-state index contributed by atoms with van der Waals surface area (Å²) in [7, 11) is 0. The molecule has 0 saturated carbocycles. The fourth-order valence-electron chi connectivity index (χ4n) is 3.67. The molecule has 0 radical (unpaired) electrons. The van der Waals surface area contributed by atoms with Gasteiger partial charge in [0.15, 0.2) is 0 Å². The lowest BCUT2D eigenvalue weighted by Gasteiger charge is -2.11. The Morgan fingerprint density at radius 2 is 1.76 bits per heavy atom. The third-order valence-corrected chi connectivity index (χ3v) is 5.43. The maximum Gasteiger partial charge on any atom is 0.251 e. The fraction of sp³-hybridized carbons (Fsp3) is 0.667. The van der Waals surface area contributed by atoms with Crippen molar-refractivity contribution in [2.75, 3.05) is 18.5 Å². The predicted octanol–water partition coefficient (Wildman–Crippen LogP) is 5.45. The molecule has 1 saturated heterocycles. The van der Waals surface area contributed by atoms with Crippen molar-refractivity contribution in [2.24, 2.45) is 0 Å². The Balaban J connectivity index is 1.60. The first-order valence-corrected chi connectivity index (χ1v) is 11.5. The lowest BCUT2D eigenvalue weighted by molar-refractivity contribution is -0.116. The van der Waals surface area contributed by atoms with Gasteiger partial charge in [-0.05, 0) is 37.5 Å². The zero-order chi connectivity index (χ0) is 20.7. The molecule has 0 aromatic heterocycles. The highest BCUT2D eigenvalue weighted by Gasteiger charge is 2.16. The fourth-order valence-corrected chi connectivity index (χ4v) is 3.67. The summed E-state index contributed by atoms with van der Waals surface area (Å²) in [5, 5.41) is 5.83. The molecule has 2 N–H and O–H groups in total. The molecular weight excluding hydrogens is 364 g/mol. The van der Waals surface area contributed by atoms with Gasteiger partial charge < -0.3 is 15.4 Å². The van der Waals surface area contributed by atoms with Crippen LogP contribution in [-0.4, -0.2) is 31.1 Å². The third-order valence-electron chi connectivity index (χ3n) is 5.43. The Morgan fingerprint density at radius 3 is 2.45 bits per heavy atom. The molecular formula is C24H38N2O3. The van der Waals surface area contributed by atoms with Gasteiger partial charge in [-0.15, -0.1) is 0 Å². The molecule has 1 aliphatic heterocycles. The normalized spacial score (nSPS) is 16.0. The average molecular weight is 403 g/mol.